The normalized spacial score (nSPS) is 24.0. The summed E-state index contributed by atoms with van der Waals surface area (Å²) in [6, 6.07) is 3.33. The van der Waals surface area contributed by atoms with Crippen molar-refractivity contribution in [3.63, 3.8) is 0 Å². The first-order valence-corrected chi connectivity index (χ1v) is 9.28. The van der Waals surface area contributed by atoms with Gasteiger partial charge in [-0.05, 0) is 31.7 Å². The fourth-order valence-corrected chi connectivity index (χ4v) is 4.07. The molecular formula is C19H28N2O4. The van der Waals surface area contributed by atoms with Crippen LogP contribution in [0.15, 0.2) is 16.5 Å². The minimum atomic E-state index is -0.0839. The molecule has 6 heteroatoms. The van der Waals surface area contributed by atoms with Gasteiger partial charge in [0.2, 0.25) is 5.91 Å². The van der Waals surface area contributed by atoms with Crippen molar-refractivity contribution in [2.75, 3.05) is 33.3 Å². The summed E-state index contributed by atoms with van der Waals surface area (Å²) in [4.78, 5) is 28.9. The molecule has 1 spiro atoms. The first-order valence-electron chi connectivity index (χ1n) is 9.28. The molecule has 0 aliphatic carbocycles. The molecule has 6 nitrogen and oxygen atoms in total. The summed E-state index contributed by atoms with van der Waals surface area (Å²) in [5, 5.41) is 0. The van der Waals surface area contributed by atoms with Gasteiger partial charge in [-0.25, -0.2) is 0 Å². The average Bonchev–Trinajstić information content (AvgIpc) is 3.11. The van der Waals surface area contributed by atoms with Crippen LogP contribution in [-0.4, -0.2) is 54.9 Å². The molecular weight excluding hydrogens is 320 g/mol. The molecule has 3 heterocycles. The summed E-state index contributed by atoms with van der Waals surface area (Å²) in [7, 11) is 1.52. The average molecular weight is 348 g/mol. The van der Waals surface area contributed by atoms with Crippen LogP contribution < -0.4 is 4.74 Å². The van der Waals surface area contributed by atoms with Crippen molar-refractivity contribution in [3.05, 3.63) is 17.9 Å². The highest BCUT2D eigenvalue weighted by molar-refractivity contribution is 5.91. The van der Waals surface area contributed by atoms with Crippen LogP contribution in [0.1, 0.15) is 56.0 Å². The van der Waals surface area contributed by atoms with E-state index >= 15 is 0 Å². The van der Waals surface area contributed by atoms with Gasteiger partial charge in [0.1, 0.15) is 0 Å². The summed E-state index contributed by atoms with van der Waals surface area (Å²) >= 11 is 0. The van der Waals surface area contributed by atoms with Gasteiger partial charge in [0.05, 0.1) is 7.11 Å². The van der Waals surface area contributed by atoms with E-state index in [0.717, 1.165) is 51.7 Å². The van der Waals surface area contributed by atoms with Gasteiger partial charge >= 0.3 is 0 Å². The van der Waals surface area contributed by atoms with Gasteiger partial charge in [-0.3, -0.25) is 9.59 Å². The molecule has 2 aliphatic rings. The van der Waals surface area contributed by atoms with Crippen molar-refractivity contribution in [1.82, 2.24) is 9.80 Å². The van der Waals surface area contributed by atoms with E-state index < -0.39 is 0 Å². The molecule has 2 amide bonds. The van der Waals surface area contributed by atoms with Gasteiger partial charge in [-0.1, -0.05) is 13.3 Å². The predicted molar refractivity (Wildman–Crippen MR) is 93.6 cm³/mol. The first-order chi connectivity index (χ1) is 12.1. The van der Waals surface area contributed by atoms with Crippen molar-refractivity contribution in [2.24, 2.45) is 5.41 Å². The molecule has 2 fully saturated rings. The van der Waals surface area contributed by atoms with Gasteiger partial charge in [-0.2, -0.15) is 0 Å². The number of rotatable bonds is 5. The summed E-state index contributed by atoms with van der Waals surface area (Å²) in [6.45, 7) is 5.19. The van der Waals surface area contributed by atoms with Crippen LogP contribution in [0, 0.1) is 5.41 Å². The standard InChI is InChI=1S/C19H28N2O4/c1-3-4-11-20-13-19(10-8-16(20)22)9-5-12-21(14-19)18(23)15-6-7-17(24-2)25-15/h6-7H,3-5,8-14H2,1-2H3/t19-/m1/s1. The smallest absolute Gasteiger partial charge is 0.289 e. The summed E-state index contributed by atoms with van der Waals surface area (Å²) < 4.78 is 10.5. The Morgan fingerprint density at radius 3 is 2.88 bits per heavy atom. The second-order valence-electron chi connectivity index (χ2n) is 7.32. The zero-order valence-corrected chi connectivity index (χ0v) is 15.3. The van der Waals surface area contributed by atoms with Crippen LogP contribution in [0.25, 0.3) is 0 Å². The minimum Gasteiger partial charge on any atom is -0.468 e. The molecule has 3 rings (SSSR count). The van der Waals surface area contributed by atoms with E-state index in [4.69, 9.17) is 9.15 Å². The van der Waals surface area contributed by atoms with Crippen LogP contribution in [0.3, 0.4) is 0 Å². The lowest BCUT2D eigenvalue weighted by Crippen LogP contribution is -2.55. The zero-order chi connectivity index (χ0) is 17.9. The quantitative estimate of drug-likeness (QED) is 0.821. The molecule has 25 heavy (non-hydrogen) atoms. The maximum absolute atomic E-state index is 12.8. The Bertz CT molecular complexity index is 627. The number of likely N-dealkylation sites (tertiary alicyclic amines) is 2. The largest absolute Gasteiger partial charge is 0.468 e. The zero-order valence-electron chi connectivity index (χ0n) is 15.3. The van der Waals surface area contributed by atoms with Crippen molar-refractivity contribution in [1.29, 1.82) is 0 Å². The van der Waals surface area contributed by atoms with Crippen LogP contribution in [0.4, 0.5) is 0 Å². The number of methoxy groups -OCH3 is 1. The maximum atomic E-state index is 12.8. The number of carbonyl (C=O) groups excluding carboxylic acids is 2. The number of nitrogens with zero attached hydrogens (tertiary/aromatic N) is 2. The number of carbonyl (C=O) groups is 2. The highest BCUT2D eigenvalue weighted by atomic mass is 16.6. The van der Waals surface area contributed by atoms with Gasteiger partial charge in [0, 0.05) is 44.1 Å². The van der Waals surface area contributed by atoms with E-state index in [1.807, 2.05) is 9.80 Å². The van der Waals surface area contributed by atoms with E-state index in [0.29, 0.717) is 24.7 Å². The van der Waals surface area contributed by atoms with Gasteiger partial charge in [0.15, 0.2) is 5.76 Å². The lowest BCUT2D eigenvalue weighted by Gasteiger charge is -2.48. The van der Waals surface area contributed by atoms with Crippen LogP contribution in [0.5, 0.6) is 5.95 Å². The van der Waals surface area contributed by atoms with Crippen molar-refractivity contribution in [2.45, 2.75) is 45.4 Å². The molecule has 1 aromatic heterocycles. The fourth-order valence-electron chi connectivity index (χ4n) is 4.07. The molecule has 138 valence electrons. The van der Waals surface area contributed by atoms with E-state index in [1.165, 1.54) is 7.11 Å². The fraction of sp³-hybridized carbons (Fsp3) is 0.684. The Morgan fingerprint density at radius 2 is 2.16 bits per heavy atom. The Labute approximate surface area is 149 Å². The third kappa shape index (κ3) is 3.83. The lowest BCUT2D eigenvalue weighted by molar-refractivity contribution is -0.139. The second kappa shape index (κ2) is 7.50. The highest BCUT2D eigenvalue weighted by Crippen LogP contribution is 2.39. The first kappa shape index (κ1) is 17.8. The molecule has 1 atom stereocenters. The summed E-state index contributed by atoms with van der Waals surface area (Å²) in [6.07, 6.45) is 5.64. The predicted octanol–water partition coefficient (Wildman–Crippen LogP) is 2.93. The number of unbranched alkanes of at least 4 members (excludes halogenated alkanes) is 1. The van der Waals surface area contributed by atoms with Crippen LogP contribution in [0.2, 0.25) is 0 Å². The van der Waals surface area contributed by atoms with E-state index in [1.54, 1.807) is 12.1 Å². The highest BCUT2D eigenvalue weighted by Gasteiger charge is 2.43. The molecule has 2 saturated heterocycles. The Hall–Kier alpha value is -1.98. The van der Waals surface area contributed by atoms with Crippen molar-refractivity contribution < 1.29 is 18.7 Å². The Morgan fingerprint density at radius 1 is 1.32 bits per heavy atom. The molecule has 0 bridgehead atoms. The van der Waals surface area contributed by atoms with Crippen LogP contribution >= 0.6 is 0 Å². The molecule has 1 aromatic rings. The number of ether oxygens (including phenoxy) is 1. The van der Waals surface area contributed by atoms with E-state index in [-0.39, 0.29) is 17.2 Å². The minimum absolute atomic E-state index is 0.0340. The number of hydrogen-bond acceptors (Lipinski definition) is 4. The molecule has 0 unspecified atom stereocenters. The molecule has 0 aromatic carbocycles. The number of furan rings is 1. The van der Waals surface area contributed by atoms with Gasteiger partial charge in [-0.15, -0.1) is 0 Å². The number of amides is 2. The second-order valence-corrected chi connectivity index (χ2v) is 7.32. The molecule has 2 aliphatic heterocycles. The number of piperidine rings is 2. The molecule has 0 saturated carbocycles. The lowest BCUT2D eigenvalue weighted by atomic mass is 9.73. The van der Waals surface area contributed by atoms with E-state index in [9.17, 15) is 9.59 Å². The topological polar surface area (TPSA) is 63.0 Å². The maximum Gasteiger partial charge on any atom is 0.289 e. The Kier molecular flexibility index (Phi) is 5.35. The van der Waals surface area contributed by atoms with Crippen LogP contribution in [-0.2, 0) is 4.79 Å². The van der Waals surface area contributed by atoms with Gasteiger partial charge < -0.3 is 19.0 Å². The molecule has 0 N–H and O–H groups in total. The number of hydrogen-bond donors (Lipinski definition) is 0. The van der Waals surface area contributed by atoms with Crippen molar-refractivity contribution in [3.8, 4) is 5.95 Å². The molecule has 0 radical (unpaired) electrons. The monoisotopic (exact) mass is 348 g/mol. The third-order valence-corrected chi connectivity index (χ3v) is 5.47. The summed E-state index contributed by atoms with van der Waals surface area (Å²) in [5.74, 6) is 0.852. The Balaban J connectivity index is 1.69. The third-order valence-electron chi connectivity index (χ3n) is 5.47. The SMILES string of the molecule is CCCCN1C[C@@]2(CCCN(C(=O)c3ccc(OC)o3)C2)CCC1=O. The summed E-state index contributed by atoms with van der Waals surface area (Å²) in [5.41, 5.74) is 0.0340. The van der Waals surface area contributed by atoms with Gasteiger partial charge in [0.25, 0.3) is 11.9 Å². The van der Waals surface area contributed by atoms with E-state index in [2.05, 4.69) is 6.92 Å². The van der Waals surface area contributed by atoms with Crippen molar-refractivity contribution >= 4 is 11.8 Å².